The van der Waals surface area contributed by atoms with Crippen LogP contribution in [0, 0.1) is 5.82 Å². The monoisotopic (exact) mass is 555 g/mol. The van der Waals surface area contributed by atoms with Gasteiger partial charge >= 0.3 is 5.97 Å². The molecule has 8 nitrogen and oxygen atoms in total. The van der Waals surface area contributed by atoms with Crippen LogP contribution in [-0.2, 0) is 4.79 Å². The number of benzene rings is 3. The molecule has 0 aliphatic heterocycles. The minimum absolute atomic E-state index is 0.219. The molecule has 0 atom stereocenters. The Labute approximate surface area is 215 Å². The van der Waals surface area contributed by atoms with Gasteiger partial charge in [0.15, 0.2) is 0 Å². The first-order valence-corrected chi connectivity index (χ1v) is 11.7. The fraction of sp³-hybridized carbons (Fsp3) is 0.154. The molecule has 2 amide bonds. The molecule has 3 rings (SSSR count). The molecule has 0 bridgehead atoms. The number of carbonyl (C=O) groups excluding carboxylic acids is 3. The van der Waals surface area contributed by atoms with E-state index in [4.69, 9.17) is 9.47 Å². The fourth-order valence-electron chi connectivity index (χ4n) is 2.86. The summed E-state index contributed by atoms with van der Waals surface area (Å²) >= 11 is 3.35. The Morgan fingerprint density at radius 3 is 2.39 bits per heavy atom. The third-order valence-corrected chi connectivity index (χ3v) is 5.14. The van der Waals surface area contributed by atoms with Crippen molar-refractivity contribution < 1.29 is 28.2 Å². The molecule has 0 radical (unpaired) electrons. The molecule has 0 saturated heterocycles. The van der Waals surface area contributed by atoms with Crippen molar-refractivity contribution >= 4 is 39.9 Å². The lowest BCUT2D eigenvalue weighted by Gasteiger charge is -2.09. The van der Waals surface area contributed by atoms with Crippen molar-refractivity contribution in [2.24, 2.45) is 5.10 Å². The van der Waals surface area contributed by atoms with Crippen LogP contribution in [0.3, 0.4) is 0 Å². The number of hydrazone groups is 1. The third-order valence-electron chi connectivity index (χ3n) is 4.65. The van der Waals surface area contributed by atoms with Gasteiger partial charge in [-0.05, 0) is 73.2 Å². The Kier molecular flexibility index (Phi) is 9.70. The van der Waals surface area contributed by atoms with E-state index in [1.807, 2.05) is 6.92 Å². The summed E-state index contributed by atoms with van der Waals surface area (Å²) < 4.78 is 24.7. The highest BCUT2D eigenvalue weighted by Gasteiger charge is 2.12. The lowest BCUT2D eigenvalue weighted by molar-refractivity contribution is -0.120. The van der Waals surface area contributed by atoms with Crippen LogP contribution in [0.1, 0.15) is 39.6 Å². The van der Waals surface area contributed by atoms with Crippen molar-refractivity contribution in [3.8, 4) is 11.5 Å². The molecule has 0 saturated carbocycles. The summed E-state index contributed by atoms with van der Waals surface area (Å²) in [7, 11) is 0. The predicted molar refractivity (Wildman–Crippen MR) is 136 cm³/mol. The van der Waals surface area contributed by atoms with Gasteiger partial charge in [-0.1, -0.05) is 22.9 Å². The molecule has 2 N–H and O–H groups in total. The van der Waals surface area contributed by atoms with E-state index in [-0.39, 0.29) is 17.9 Å². The van der Waals surface area contributed by atoms with Crippen molar-refractivity contribution in [3.05, 3.63) is 93.7 Å². The van der Waals surface area contributed by atoms with E-state index < -0.39 is 23.6 Å². The van der Waals surface area contributed by atoms with E-state index >= 15 is 0 Å². The average molecular weight is 556 g/mol. The molecule has 0 fully saturated rings. The molecular formula is C26H23BrFN3O5. The number of halogens is 2. The SMILES string of the molecule is CCCOc1ccc(C(=O)Oc2ccc(Br)cc2/C=N/NC(=O)CNC(=O)c2ccc(F)cc2)cc1. The van der Waals surface area contributed by atoms with Crippen LogP contribution in [0.4, 0.5) is 4.39 Å². The van der Waals surface area contributed by atoms with Gasteiger partial charge in [-0.15, -0.1) is 0 Å². The minimum Gasteiger partial charge on any atom is -0.494 e. The van der Waals surface area contributed by atoms with Gasteiger partial charge in [-0.25, -0.2) is 14.6 Å². The summed E-state index contributed by atoms with van der Waals surface area (Å²) in [6.45, 7) is 2.25. The molecule has 36 heavy (non-hydrogen) atoms. The zero-order valence-corrected chi connectivity index (χ0v) is 20.9. The van der Waals surface area contributed by atoms with Crippen molar-refractivity contribution in [1.29, 1.82) is 0 Å². The molecule has 3 aromatic carbocycles. The molecule has 0 aliphatic rings. The Hall–Kier alpha value is -4.05. The average Bonchev–Trinajstić information content (AvgIpc) is 2.88. The van der Waals surface area contributed by atoms with Crippen LogP contribution in [0.15, 0.2) is 76.3 Å². The van der Waals surface area contributed by atoms with E-state index in [0.717, 1.165) is 18.6 Å². The van der Waals surface area contributed by atoms with Gasteiger partial charge < -0.3 is 14.8 Å². The van der Waals surface area contributed by atoms with Gasteiger partial charge in [-0.3, -0.25) is 9.59 Å². The minimum atomic E-state index is -0.583. The summed E-state index contributed by atoms with van der Waals surface area (Å²) in [4.78, 5) is 36.6. The number of hydrogen-bond donors (Lipinski definition) is 2. The lowest BCUT2D eigenvalue weighted by Crippen LogP contribution is -2.34. The molecule has 0 aromatic heterocycles. The maximum Gasteiger partial charge on any atom is 0.343 e. The first-order valence-electron chi connectivity index (χ1n) is 11.0. The fourth-order valence-corrected chi connectivity index (χ4v) is 3.24. The number of nitrogens with zero attached hydrogens (tertiary/aromatic N) is 1. The molecule has 0 spiro atoms. The van der Waals surface area contributed by atoms with E-state index in [1.165, 1.54) is 18.3 Å². The van der Waals surface area contributed by atoms with E-state index in [9.17, 15) is 18.8 Å². The summed E-state index contributed by atoms with van der Waals surface area (Å²) in [6, 6.07) is 16.5. The summed E-state index contributed by atoms with van der Waals surface area (Å²) in [6.07, 6.45) is 2.19. The summed E-state index contributed by atoms with van der Waals surface area (Å²) in [5.74, 6) is -1.25. The van der Waals surface area contributed by atoms with Crippen LogP contribution in [0.25, 0.3) is 0 Å². The van der Waals surface area contributed by atoms with Gasteiger partial charge in [-0.2, -0.15) is 5.10 Å². The number of esters is 1. The van der Waals surface area contributed by atoms with Crippen LogP contribution >= 0.6 is 15.9 Å². The second kappa shape index (κ2) is 13.1. The summed E-state index contributed by atoms with van der Waals surface area (Å²) in [5.41, 5.74) is 3.28. The smallest absolute Gasteiger partial charge is 0.343 e. The maximum atomic E-state index is 13.0. The van der Waals surface area contributed by atoms with E-state index in [1.54, 1.807) is 42.5 Å². The number of nitrogens with one attached hydrogen (secondary N) is 2. The standard InChI is InChI=1S/C26H23BrFN3O5/c1-2-13-35-22-10-5-18(6-11-22)26(34)36-23-12-7-20(27)14-19(23)15-30-31-24(32)16-29-25(33)17-3-8-21(28)9-4-17/h3-12,14-15H,2,13,16H2,1H3,(H,29,33)(H,31,32)/b30-15+. The third kappa shape index (κ3) is 8.02. The Morgan fingerprint density at radius 2 is 1.69 bits per heavy atom. The van der Waals surface area contributed by atoms with Crippen molar-refractivity contribution in [3.63, 3.8) is 0 Å². The normalized spacial score (nSPS) is 10.6. The van der Waals surface area contributed by atoms with Crippen molar-refractivity contribution in [2.45, 2.75) is 13.3 Å². The van der Waals surface area contributed by atoms with Gasteiger partial charge in [0.25, 0.3) is 11.8 Å². The topological polar surface area (TPSA) is 106 Å². The molecule has 10 heteroatoms. The molecular weight excluding hydrogens is 533 g/mol. The number of hydrogen-bond acceptors (Lipinski definition) is 6. The first kappa shape index (κ1) is 26.6. The molecule has 0 heterocycles. The van der Waals surface area contributed by atoms with Gasteiger partial charge in [0.2, 0.25) is 0 Å². The number of carbonyl (C=O) groups is 3. The largest absolute Gasteiger partial charge is 0.494 e. The molecule has 0 aliphatic carbocycles. The second-order valence-electron chi connectivity index (χ2n) is 7.43. The predicted octanol–water partition coefficient (Wildman–Crippen LogP) is 4.48. The van der Waals surface area contributed by atoms with Crippen molar-refractivity contribution in [2.75, 3.05) is 13.2 Å². The van der Waals surface area contributed by atoms with Gasteiger partial charge in [0.1, 0.15) is 17.3 Å². The Bertz CT molecular complexity index is 1250. The number of rotatable bonds is 10. The molecule has 186 valence electrons. The molecule has 3 aromatic rings. The highest BCUT2D eigenvalue weighted by molar-refractivity contribution is 9.10. The highest BCUT2D eigenvalue weighted by Crippen LogP contribution is 2.23. The number of amides is 2. The quantitative estimate of drug-likeness (QED) is 0.166. The highest BCUT2D eigenvalue weighted by atomic mass is 79.9. The zero-order chi connectivity index (χ0) is 25.9. The van der Waals surface area contributed by atoms with Gasteiger partial charge in [0.05, 0.1) is 24.9 Å². The zero-order valence-electron chi connectivity index (χ0n) is 19.3. The van der Waals surface area contributed by atoms with E-state index in [2.05, 4.69) is 31.8 Å². The first-order chi connectivity index (χ1) is 17.4. The van der Waals surface area contributed by atoms with Crippen molar-refractivity contribution in [1.82, 2.24) is 10.7 Å². The molecule has 0 unspecified atom stereocenters. The lowest BCUT2D eigenvalue weighted by atomic mass is 10.2. The second-order valence-corrected chi connectivity index (χ2v) is 8.34. The van der Waals surface area contributed by atoms with Crippen LogP contribution in [0.2, 0.25) is 0 Å². The van der Waals surface area contributed by atoms with E-state index in [0.29, 0.717) is 28.0 Å². The van der Waals surface area contributed by atoms with Crippen LogP contribution in [-0.4, -0.2) is 37.1 Å². The Balaban J connectivity index is 1.57. The van der Waals surface area contributed by atoms with Crippen LogP contribution < -0.4 is 20.2 Å². The van der Waals surface area contributed by atoms with Crippen LogP contribution in [0.5, 0.6) is 11.5 Å². The maximum absolute atomic E-state index is 13.0. The number of ether oxygens (including phenoxy) is 2. The summed E-state index contributed by atoms with van der Waals surface area (Å²) in [5, 5.41) is 6.29. The Morgan fingerprint density at radius 1 is 1.00 bits per heavy atom. The van der Waals surface area contributed by atoms with Gasteiger partial charge in [0, 0.05) is 15.6 Å².